The van der Waals surface area contributed by atoms with E-state index in [1.54, 1.807) is 13.8 Å². The van der Waals surface area contributed by atoms with Crippen molar-refractivity contribution in [1.82, 2.24) is 4.90 Å². The summed E-state index contributed by atoms with van der Waals surface area (Å²) in [6.45, 7) is 3.76. The van der Waals surface area contributed by atoms with Gasteiger partial charge in [-0.1, -0.05) is 6.07 Å². The van der Waals surface area contributed by atoms with Gasteiger partial charge < -0.3 is 14.7 Å². The van der Waals surface area contributed by atoms with Crippen molar-refractivity contribution in [3.05, 3.63) is 33.9 Å². The van der Waals surface area contributed by atoms with Gasteiger partial charge in [-0.05, 0) is 32.8 Å². The Morgan fingerprint density at radius 1 is 1.43 bits per heavy atom. The Kier molecular flexibility index (Phi) is 4.83. The molecule has 2 rings (SSSR count). The number of aromatic hydroxyl groups is 1. The lowest BCUT2D eigenvalue weighted by atomic mass is 10.1. The number of phenols is 1. The second-order valence-electron chi connectivity index (χ2n) is 5.57. The number of nitrogens with zero attached hydrogens (tertiary/aromatic N) is 2. The third-order valence-electron chi connectivity index (χ3n) is 3.58. The van der Waals surface area contributed by atoms with Gasteiger partial charge in [-0.3, -0.25) is 14.9 Å². The summed E-state index contributed by atoms with van der Waals surface area (Å²) in [6, 6.07) is 3.00. The van der Waals surface area contributed by atoms with E-state index in [1.165, 1.54) is 17.0 Å². The van der Waals surface area contributed by atoms with Gasteiger partial charge in [-0.25, -0.2) is 4.79 Å². The first-order valence-corrected chi connectivity index (χ1v) is 7.30. The van der Waals surface area contributed by atoms with Gasteiger partial charge in [0.2, 0.25) is 5.75 Å². The largest absolute Gasteiger partial charge is 0.502 e. The molecule has 1 aliphatic heterocycles. The van der Waals surface area contributed by atoms with Crippen LogP contribution in [0.15, 0.2) is 18.2 Å². The van der Waals surface area contributed by atoms with E-state index in [1.807, 2.05) is 0 Å². The van der Waals surface area contributed by atoms with E-state index in [2.05, 4.69) is 0 Å². The number of nitro groups is 1. The van der Waals surface area contributed by atoms with Crippen molar-refractivity contribution in [3.8, 4) is 5.75 Å². The number of esters is 1. The van der Waals surface area contributed by atoms with Gasteiger partial charge in [0.15, 0.2) is 0 Å². The monoisotopic (exact) mass is 322 g/mol. The highest BCUT2D eigenvalue weighted by atomic mass is 16.6. The number of hydrogen-bond donors (Lipinski definition) is 1. The predicted molar refractivity (Wildman–Crippen MR) is 80.0 cm³/mol. The van der Waals surface area contributed by atoms with Crippen LogP contribution in [-0.4, -0.2) is 45.5 Å². The molecule has 1 atom stereocenters. The van der Waals surface area contributed by atoms with E-state index in [0.29, 0.717) is 19.4 Å². The Bertz CT molecular complexity index is 643. The molecule has 1 saturated heterocycles. The van der Waals surface area contributed by atoms with Crippen LogP contribution in [0, 0.1) is 10.1 Å². The molecule has 0 aromatic heterocycles. The Morgan fingerprint density at radius 3 is 2.74 bits per heavy atom. The van der Waals surface area contributed by atoms with Gasteiger partial charge in [-0.15, -0.1) is 0 Å². The molecule has 0 aliphatic carbocycles. The topological polar surface area (TPSA) is 110 Å². The first-order valence-electron chi connectivity index (χ1n) is 7.30. The number of phenolic OH excluding ortho intramolecular Hbond substituents is 1. The van der Waals surface area contributed by atoms with Gasteiger partial charge in [0, 0.05) is 12.6 Å². The molecule has 124 valence electrons. The highest BCUT2D eigenvalue weighted by Gasteiger charge is 2.37. The number of ether oxygens (including phenoxy) is 1. The summed E-state index contributed by atoms with van der Waals surface area (Å²) in [4.78, 5) is 36.0. The first kappa shape index (κ1) is 16.7. The zero-order valence-electron chi connectivity index (χ0n) is 12.9. The summed E-state index contributed by atoms with van der Waals surface area (Å²) >= 11 is 0. The lowest BCUT2D eigenvalue weighted by molar-refractivity contribution is -0.385. The third kappa shape index (κ3) is 3.41. The smallest absolute Gasteiger partial charge is 0.329 e. The van der Waals surface area contributed by atoms with Gasteiger partial charge in [0.1, 0.15) is 6.04 Å². The molecule has 0 saturated carbocycles. The van der Waals surface area contributed by atoms with Crippen LogP contribution in [0.5, 0.6) is 5.75 Å². The third-order valence-corrected chi connectivity index (χ3v) is 3.58. The average Bonchev–Trinajstić information content (AvgIpc) is 2.95. The summed E-state index contributed by atoms with van der Waals surface area (Å²) in [7, 11) is 0. The van der Waals surface area contributed by atoms with Crippen LogP contribution in [0.2, 0.25) is 0 Å². The maximum absolute atomic E-state index is 12.6. The van der Waals surface area contributed by atoms with Gasteiger partial charge in [0.25, 0.3) is 5.91 Å². The molecule has 0 radical (unpaired) electrons. The SMILES string of the molecule is CC(C)OC(=O)C1CCCN1C(=O)c1cccc([N+](=O)[O-])c1O. The fourth-order valence-electron chi connectivity index (χ4n) is 2.57. The summed E-state index contributed by atoms with van der Waals surface area (Å²) in [5.41, 5.74) is -0.736. The van der Waals surface area contributed by atoms with Crippen LogP contribution in [0.4, 0.5) is 5.69 Å². The summed E-state index contributed by atoms with van der Waals surface area (Å²) in [5, 5.41) is 20.8. The Morgan fingerprint density at radius 2 is 2.13 bits per heavy atom. The van der Waals surface area contributed by atoms with Crippen LogP contribution in [-0.2, 0) is 9.53 Å². The number of amides is 1. The van der Waals surface area contributed by atoms with E-state index in [4.69, 9.17) is 4.74 Å². The summed E-state index contributed by atoms with van der Waals surface area (Å²) in [6.07, 6.45) is 0.790. The van der Waals surface area contributed by atoms with Crippen molar-refractivity contribution < 1.29 is 24.4 Å². The van der Waals surface area contributed by atoms with E-state index < -0.39 is 34.3 Å². The molecule has 1 aromatic carbocycles. The number of nitro benzene ring substituents is 1. The highest BCUT2D eigenvalue weighted by molar-refractivity contribution is 6.00. The second-order valence-corrected chi connectivity index (χ2v) is 5.57. The number of hydrogen-bond acceptors (Lipinski definition) is 6. The van der Waals surface area contributed by atoms with Crippen LogP contribution < -0.4 is 0 Å². The molecule has 0 spiro atoms. The van der Waals surface area contributed by atoms with Crippen molar-refractivity contribution in [1.29, 1.82) is 0 Å². The number of para-hydroxylation sites is 1. The molecule has 1 heterocycles. The van der Waals surface area contributed by atoms with Crippen molar-refractivity contribution in [2.45, 2.75) is 38.8 Å². The number of benzene rings is 1. The molecule has 1 aromatic rings. The predicted octanol–water partition coefficient (Wildman–Crippen LogP) is 1.86. The Labute approximate surface area is 132 Å². The van der Waals surface area contributed by atoms with Crippen LogP contribution in [0.25, 0.3) is 0 Å². The maximum atomic E-state index is 12.6. The average molecular weight is 322 g/mol. The fourth-order valence-corrected chi connectivity index (χ4v) is 2.57. The summed E-state index contributed by atoms with van der Waals surface area (Å²) < 4.78 is 5.14. The minimum Gasteiger partial charge on any atom is -0.502 e. The molecular weight excluding hydrogens is 304 g/mol. The van der Waals surface area contributed by atoms with E-state index in [9.17, 15) is 24.8 Å². The molecule has 8 nitrogen and oxygen atoms in total. The quantitative estimate of drug-likeness (QED) is 0.514. The molecule has 8 heteroatoms. The molecule has 1 N–H and O–H groups in total. The molecule has 23 heavy (non-hydrogen) atoms. The minimum atomic E-state index is -0.763. The van der Waals surface area contributed by atoms with Crippen LogP contribution >= 0.6 is 0 Å². The van der Waals surface area contributed by atoms with Crippen molar-refractivity contribution in [3.63, 3.8) is 0 Å². The number of carbonyl (C=O) groups is 2. The zero-order chi connectivity index (χ0) is 17.1. The highest BCUT2D eigenvalue weighted by Crippen LogP contribution is 2.32. The normalized spacial score (nSPS) is 17.3. The van der Waals surface area contributed by atoms with Gasteiger partial charge >= 0.3 is 11.7 Å². The number of carbonyl (C=O) groups excluding carboxylic acids is 2. The fraction of sp³-hybridized carbons (Fsp3) is 0.467. The standard InChI is InChI=1S/C15H18N2O6/c1-9(2)23-15(20)12-7-4-8-16(12)14(19)10-5-3-6-11(13(10)18)17(21)22/h3,5-6,9,12,18H,4,7-8H2,1-2H3. The first-order chi connectivity index (χ1) is 10.8. The Hall–Kier alpha value is -2.64. The van der Waals surface area contributed by atoms with E-state index in [-0.39, 0.29) is 11.7 Å². The number of rotatable bonds is 4. The van der Waals surface area contributed by atoms with Gasteiger partial charge in [-0.2, -0.15) is 0 Å². The maximum Gasteiger partial charge on any atom is 0.329 e. The van der Waals surface area contributed by atoms with Crippen LogP contribution in [0.3, 0.4) is 0 Å². The second kappa shape index (κ2) is 6.64. The molecule has 0 bridgehead atoms. The molecule has 1 fully saturated rings. The van der Waals surface area contributed by atoms with E-state index in [0.717, 1.165) is 6.07 Å². The van der Waals surface area contributed by atoms with Crippen LogP contribution in [0.1, 0.15) is 37.0 Å². The molecular formula is C15H18N2O6. The van der Waals surface area contributed by atoms with E-state index >= 15 is 0 Å². The van der Waals surface area contributed by atoms with Crippen molar-refractivity contribution >= 4 is 17.6 Å². The van der Waals surface area contributed by atoms with Crippen molar-refractivity contribution in [2.24, 2.45) is 0 Å². The lowest BCUT2D eigenvalue weighted by Gasteiger charge is -2.24. The molecule has 1 unspecified atom stereocenters. The minimum absolute atomic E-state index is 0.191. The zero-order valence-corrected chi connectivity index (χ0v) is 12.9. The number of likely N-dealkylation sites (tertiary alicyclic amines) is 1. The summed E-state index contributed by atoms with van der Waals surface area (Å²) in [5.74, 6) is -1.81. The molecule has 1 amide bonds. The van der Waals surface area contributed by atoms with Gasteiger partial charge in [0.05, 0.1) is 16.6 Å². The molecule has 1 aliphatic rings. The van der Waals surface area contributed by atoms with Crippen molar-refractivity contribution in [2.75, 3.05) is 6.54 Å². The Balaban J connectivity index is 2.28. The lowest BCUT2D eigenvalue weighted by Crippen LogP contribution is -2.42.